The molecule has 1 heterocycles. The number of anilines is 1. The van der Waals surface area contributed by atoms with Crippen LogP contribution in [0.1, 0.15) is 37.9 Å². The maximum absolute atomic E-state index is 12.0. The van der Waals surface area contributed by atoms with Gasteiger partial charge in [0.2, 0.25) is 0 Å². The third-order valence-electron chi connectivity index (χ3n) is 3.54. The number of halogens is 1. The van der Waals surface area contributed by atoms with E-state index in [1.807, 2.05) is 6.92 Å². The van der Waals surface area contributed by atoms with Crippen molar-refractivity contribution in [2.45, 2.75) is 39.8 Å². The molecule has 0 aliphatic rings. The molecule has 0 radical (unpaired) electrons. The summed E-state index contributed by atoms with van der Waals surface area (Å²) in [7, 11) is 0. The van der Waals surface area contributed by atoms with Gasteiger partial charge in [-0.05, 0) is 47.3 Å². The minimum Gasteiger partial charge on any atom is -0.376 e. The molecular weight excluding hydrogens is 330 g/mol. The van der Waals surface area contributed by atoms with Gasteiger partial charge in [0.1, 0.15) is 4.47 Å². The van der Waals surface area contributed by atoms with Crippen LogP contribution in [0.4, 0.5) is 5.69 Å². The third kappa shape index (κ3) is 3.53. The quantitative estimate of drug-likeness (QED) is 0.893. The standard InChI is InChI=1S/C16H20BrN3O/c1-4-12-6-8-13(9-7-12)11(3)19-14-10-18-20(5-2)16(21)15(14)17/h6-11,19H,4-5H2,1-3H3. The van der Waals surface area contributed by atoms with Gasteiger partial charge in [-0.2, -0.15) is 5.10 Å². The minimum absolute atomic E-state index is 0.103. The maximum atomic E-state index is 12.0. The molecule has 0 aliphatic carbocycles. The second-order valence-corrected chi connectivity index (χ2v) is 5.75. The summed E-state index contributed by atoms with van der Waals surface area (Å²) in [4.78, 5) is 12.0. The molecule has 0 spiro atoms. The van der Waals surface area contributed by atoms with Gasteiger partial charge < -0.3 is 5.32 Å². The van der Waals surface area contributed by atoms with Crippen LogP contribution in [0.25, 0.3) is 0 Å². The molecular formula is C16H20BrN3O. The first-order valence-corrected chi connectivity index (χ1v) is 7.97. The normalized spacial score (nSPS) is 12.2. The summed E-state index contributed by atoms with van der Waals surface area (Å²) in [5.41, 5.74) is 3.10. The van der Waals surface area contributed by atoms with E-state index < -0.39 is 0 Å². The number of rotatable bonds is 5. The topological polar surface area (TPSA) is 46.9 Å². The Balaban J connectivity index is 2.21. The highest BCUT2D eigenvalue weighted by Gasteiger charge is 2.11. The Morgan fingerprint density at radius 2 is 1.95 bits per heavy atom. The Hall–Kier alpha value is -1.62. The lowest BCUT2D eigenvalue weighted by Crippen LogP contribution is -2.24. The van der Waals surface area contributed by atoms with Gasteiger partial charge in [0.15, 0.2) is 0 Å². The smallest absolute Gasteiger partial charge is 0.283 e. The Kier molecular flexibility index (Phi) is 5.17. The van der Waals surface area contributed by atoms with Gasteiger partial charge in [0.25, 0.3) is 5.56 Å². The fourth-order valence-corrected chi connectivity index (χ4v) is 2.57. The number of nitrogens with one attached hydrogen (secondary N) is 1. The summed E-state index contributed by atoms with van der Waals surface area (Å²) in [6, 6.07) is 8.60. The zero-order chi connectivity index (χ0) is 15.4. The van der Waals surface area contributed by atoms with E-state index in [9.17, 15) is 4.79 Å². The third-order valence-corrected chi connectivity index (χ3v) is 4.31. The summed E-state index contributed by atoms with van der Waals surface area (Å²) in [6.07, 6.45) is 2.72. The van der Waals surface area contributed by atoms with E-state index in [1.165, 1.54) is 15.8 Å². The number of hydrogen-bond donors (Lipinski definition) is 1. The molecule has 1 aromatic heterocycles. The summed E-state index contributed by atoms with van der Waals surface area (Å²) >= 11 is 3.36. The van der Waals surface area contributed by atoms with Crippen molar-refractivity contribution in [1.29, 1.82) is 0 Å². The highest BCUT2D eigenvalue weighted by atomic mass is 79.9. The van der Waals surface area contributed by atoms with Crippen molar-refractivity contribution in [2.24, 2.45) is 0 Å². The minimum atomic E-state index is -0.115. The molecule has 1 aromatic carbocycles. The predicted molar refractivity (Wildman–Crippen MR) is 89.7 cm³/mol. The van der Waals surface area contributed by atoms with Gasteiger partial charge >= 0.3 is 0 Å². The Labute approximate surface area is 133 Å². The Morgan fingerprint density at radius 1 is 1.29 bits per heavy atom. The summed E-state index contributed by atoms with van der Waals surface area (Å²) in [5, 5.41) is 7.48. The van der Waals surface area contributed by atoms with E-state index in [1.54, 1.807) is 6.20 Å². The average molecular weight is 350 g/mol. The van der Waals surface area contributed by atoms with Crippen LogP contribution in [0, 0.1) is 0 Å². The fourth-order valence-electron chi connectivity index (χ4n) is 2.15. The maximum Gasteiger partial charge on any atom is 0.283 e. The lowest BCUT2D eigenvalue weighted by Gasteiger charge is -2.17. The molecule has 4 nitrogen and oxygen atoms in total. The number of benzene rings is 1. The van der Waals surface area contributed by atoms with Gasteiger partial charge in [-0.25, -0.2) is 4.68 Å². The van der Waals surface area contributed by atoms with Crippen LogP contribution in [-0.4, -0.2) is 9.78 Å². The first kappa shape index (κ1) is 15.8. The van der Waals surface area contributed by atoms with Crippen LogP contribution >= 0.6 is 15.9 Å². The van der Waals surface area contributed by atoms with Crippen LogP contribution in [0.3, 0.4) is 0 Å². The summed E-state index contributed by atoms with van der Waals surface area (Å²) in [6.45, 7) is 6.67. The zero-order valence-corrected chi connectivity index (χ0v) is 14.1. The van der Waals surface area contributed by atoms with Crippen molar-refractivity contribution in [2.75, 3.05) is 5.32 Å². The number of hydrogen-bond acceptors (Lipinski definition) is 3. The van der Waals surface area contributed by atoms with Gasteiger partial charge in [-0.15, -0.1) is 0 Å². The Morgan fingerprint density at radius 3 is 2.52 bits per heavy atom. The zero-order valence-electron chi connectivity index (χ0n) is 12.6. The first-order chi connectivity index (χ1) is 10.1. The monoisotopic (exact) mass is 349 g/mol. The molecule has 21 heavy (non-hydrogen) atoms. The van der Waals surface area contributed by atoms with Crippen LogP contribution in [0.15, 0.2) is 39.7 Å². The molecule has 2 rings (SSSR count). The van der Waals surface area contributed by atoms with Gasteiger partial charge in [0.05, 0.1) is 11.9 Å². The van der Waals surface area contributed by atoms with E-state index in [0.29, 0.717) is 11.0 Å². The summed E-state index contributed by atoms with van der Waals surface area (Å²) < 4.78 is 1.95. The van der Waals surface area contributed by atoms with E-state index >= 15 is 0 Å². The van der Waals surface area contributed by atoms with Crippen LogP contribution in [0.5, 0.6) is 0 Å². The molecule has 0 saturated carbocycles. The second-order valence-electron chi connectivity index (χ2n) is 4.95. The molecule has 1 unspecified atom stereocenters. The van der Waals surface area contributed by atoms with Crippen molar-refractivity contribution in [3.8, 4) is 0 Å². The fraction of sp³-hybridized carbons (Fsp3) is 0.375. The molecule has 0 aliphatic heterocycles. The molecule has 0 saturated heterocycles. The molecule has 112 valence electrons. The molecule has 5 heteroatoms. The largest absolute Gasteiger partial charge is 0.376 e. The van der Waals surface area contributed by atoms with Crippen LogP contribution in [-0.2, 0) is 13.0 Å². The highest BCUT2D eigenvalue weighted by molar-refractivity contribution is 9.10. The first-order valence-electron chi connectivity index (χ1n) is 7.17. The van der Waals surface area contributed by atoms with Crippen molar-refractivity contribution in [1.82, 2.24) is 9.78 Å². The molecule has 1 N–H and O–H groups in total. The summed E-state index contributed by atoms with van der Waals surface area (Å²) in [5.74, 6) is 0. The molecule has 0 fully saturated rings. The SMILES string of the molecule is CCc1ccc(C(C)Nc2cnn(CC)c(=O)c2Br)cc1. The molecule has 2 aromatic rings. The van der Waals surface area contributed by atoms with Crippen molar-refractivity contribution in [3.05, 3.63) is 56.4 Å². The molecule has 0 amide bonds. The van der Waals surface area contributed by atoms with E-state index in [2.05, 4.69) is 64.5 Å². The second kappa shape index (κ2) is 6.89. The lowest BCUT2D eigenvalue weighted by atomic mass is 10.0. The number of nitrogens with zero attached hydrogens (tertiary/aromatic N) is 2. The predicted octanol–water partition coefficient (Wildman–Crippen LogP) is 3.76. The average Bonchev–Trinajstić information content (AvgIpc) is 2.52. The Bertz CT molecular complexity index is 664. The lowest BCUT2D eigenvalue weighted by molar-refractivity contribution is 0.612. The van der Waals surface area contributed by atoms with E-state index in [4.69, 9.17) is 0 Å². The van der Waals surface area contributed by atoms with Crippen molar-refractivity contribution >= 4 is 21.6 Å². The number of aromatic nitrogens is 2. The molecule has 1 atom stereocenters. The van der Waals surface area contributed by atoms with E-state index in [-0.39, 0.29) is 11.6 Å². The highest BCUT2D eigenvalue weighted by Crippen LogP contribution is 2.23. The van der Waals surface area contributed by atoms with Gasteiger partial charge in [-0.1, -0.05) is 31.2 Å². The van der Waals surface area contributed by atoms with Crippen LogP contribution in [0.2, 0.25) is 0 Å². The number of aryl methyl sites for hydroxylation is 2. The van der Waals surface area contributed by atoms with Gasteiger partial charge in [0, 0.05) is 12.6 Å². The van der Waals surface area contributed by atoms with Crippen LogP contribution < -0.4 is 10.9 Å². The van der Waals surface area contributed by atoms with E-state index in [0.717, 1.165) is 12.1 Å². The molecule has 0 bridgehead atoms. The van der Waals surface area contributed by atoms with Crippen molar-refractivity contribution in [3.63, 3.8) is 0 Å². The van der Waals surface area contributed by atoms with Crippen molar-refractivity contribution < 1.29 is 0 Å². The van der Waals surface area contributed by atoms with Gasteiger partial charge in [-0.3, -0.25) is 4.79 Å².